The number of nitrogens with one attached hydrogen (secondary N) is 2. The average Bonchev–Trinajstić information content (AvgIpc) is 3.42. The Hall–Kier alpha value is -3.63. The Labute approximate surface area is 214 Å². The fourth-order valence-corrected chi connectivity index (χ4v) is 5.37. The Morgan fingerprint density at radius 3 is 2.70 bits per heavy atom. The minimum atomic E-state index is -4.62. The molecule has 9 nitrogen and oxygen atoms in total. The molecule has 196 valence electrons. The molecular weight excluding hydrogens is 507 g/mol. The summed E-state index contributed by atoms with van der Waals surface area (Å²) in [4.78, 5) is 32.0. The van der Waals surface area contributed by atoms with Gasteiger partial charge in [-0.25, -0.2) is 4.98 Å². The van der Waals surface area contributed by atoms with Crippen LogP contribution in [-0.4, -0.2) is 57.8 Å². The number of amides is 1. The van der Waals surface area contributed by atoms with Crippen LogP contribution in [0.4, 0.5) is 18.9 Å². The lowest BCUT2D eigenvalue weighted by Gasteiger charge is -2.30. The van der Waals surface area contributed by atoms with Gasteiger partial charge in [0.2, 0.25) is 0 Å². The van der Waals surface area contributed by atoms with E-state index in [-0.39, 0.29) is 15.7 Å². The second kappa shape index (κ2) is 10.8. The highest BCUT2D eigenvalue weighted by molar-refractivity contribution is 7.07. The van der Waals surface area contributed by atoms with Gasteiger partial charge in [-0.05, 0) is 58.1 Å². The molecule has 1 aromatic carbocycles. The summed E-state index contributed by atoms with van der Waals surface area (Å²) in [6, 6.07) is 7.65. The zero-order valence-electron chi connectivity index (χ0n) is 20.3. The predicted octanol–water partition coefficient (Wildman–Crippen LogP) is 1.75. The van der Waals surface area contributed by atoms with Gasteiger partial charge in [0.15, 0.2) is 5.57 Å². The number of imidazole rings is 1. The van der Waals surface area contributed by atoms with Crippen LogP contribution in [0.25, 0.3) is 22.8 Å². The molecule has 1 fully saturated rings. The second-order valence-corrected chi connectivity index (χ2v) is 9.81. The summed E-state index contributed by atoms with van der Waals surface area (Å²) in [6.07, 6.45) is 0.747. The molecule has 4 rings (SSSR count). The first kappa shape index (κ1) is 26.4. The third-order valence-electron chi connectivity index (χ3n) is 6.25. The average molecular weight is 534 g/mol. The Morgan fingerprint density at radius 2 is 2.05 bits per heavy atom. The van der Waals surface area contributed by atoms with E-state index in [1.54, 1.807) is 18.3 Å². The van der Waals surface area contributed by atoms with E-state index in [0.717, 1.165) is 48.3 Å². The standard InChI is InChI=1S/C24H26F3N7O2S/c1-3-33-22(36)20(37-23(33)17(11-28)21(35)30-13-24(25,26)27)12-29-15-4-5-18-19(10-15)34(14-31-18)16-6-8-32(2)9-7-16/h4-5,10,12,14,16,29H,3,6-9,13H2,1-2H3,(H,30,35)/b20-12-,23-17+. The molecule has 1 aliphatic heterocycles. The Balaban J connectivity index is 1.66. The number of nitriles is 1. The number of carbonyl (C=O) groups excluding carboxylic acids is 1. The van der Waals surface area contributed by atoms with Crippen LogP contribution in [0.5, 0.6) is 0 Å². The zero-order valence-corrected chi connectivity index (χ0v) is 21.1. The van der Waals surface area contributed by atoms with E-state index in [4.69, 9.17) is 0 Å². The number of benzene rings is 1. The van der Waals surface area contributed by atoms with E-state index < -0.39 is 29.8 Å². The van der Waals surface area contributed by atoms with Gasteiger partial charge < -0.3 is 20.1 Å². The topological polar surface area (TPSA) is 108 Å². The van der Waals surface area contributed by atoms with Crippen molar-refractivity contribution in [1.29, 1.82) is 5.26 Å². The molecule has 0 atom stereocenters. The van der Waals surface area contributed by atoms with Crippen molar-refractivity contribution in [2.45, 2.75) is 38.5 Å². The fourth-order valence-electron chi connectivity index (χ4n) is 4.29. The number of halogens is 3. The summed E-state index contributed by atoms with van der Waals surface area (Å²) in [5, 5.41) is 14.2. The van der Waals surface area contributed by atoms with E-state index in [0.29, 0.717) is 11.7 Å². The van der Waals surface area contributed by atoms with Crippen molar-refractivity contribution in [3.63, 3.8) is 0 Å². The van der Waals surface area contributed by atoms with Gasteiger partial charge in [-0.3, -0.25) is 14.2 Å². The summed E-state index contributed by atoms with van der Waals surface area (Å²) in [5.41, 5.74) is 1.54. The number of carbonyl (C=O) groups is 1. The van der Waals surface area contributed by atoms with E-state index in [1.165, 1.54) is 10.8 Å². The number of hydrogen-bond acceptors (Lipinski definition) is 7. The van der Waals surface area contributed by atoms with Crippen LogP contribution >= 0.6 is 11.3 Å². The van der Waals surface area contributed by atoms with Crippen LogP contribution in [0, 0.1) is 11.3 Å². The van der Waals surface area contributed by atoms with Gasteiger partial charge in [0, 0.05) is 24.5 Å². The number of anilines is 1. The molecule has 2 N–H and O–H groups in total. The van der Waals surface area contributed by atoms with E-state index in [9.17, 15) is 28.0 Å². The lowest BCUT2D eigenvalue weighted by molar-refractivity contribution is -0.135. The van der Waals surface area contributed by atoms with Gasteiger partial charge in [-0.15, -0.1) is 11.3 Å². The molecular formula is C24H26F3N7O2S. The summed E-state index contributed by atoms with van der Waals surface area (Å²) in [5.74, 6) is -1.18. The third-order valence-corrected chi connectivity index (χ3v) is 7.38. The minimum Gasteiger partial charge on any atom is -0.360 e. The summed E-state index contributed by atoms with van der Waals surface area (Å²) in [6.45, 7) is 2.23. The number of aromatic nitrogens is 3. The molecule has 2 aromatic heterocycles. The van der Waals surface area contributed by atoms with Crippen LogP contribution in [0.15, 0.2) is 29.3 Å². The van der Waals surface area contributed by atoms with Gasteiger partial charge >= 0.3 is 6.18 Å². The van der Waals surface area contributed by atoms with Crippen LogP contribution in [0.3, 0.4) is 0 Å². The van der Waals surface area contributed by atoms with Gasteiger partial charge in [0.1, 0.15) is 21.8 Å². The number of rotatable bonds is 6. The highest BCUT2D eigenvalue weighted by Crippen LogP contribution is 2.27. The molecule has 1 saturated heterocycles. The highest BCUT2D eigenvalue weighted by Gasteiger charge is 2.29. The molecule has 37 heavy (non-hydrogen) atoms. The van der Waals surface area contributed by atoms with E-state index >= 15 is 0 Å². The maximum Gasteiger partial charge on any atom is 0.405 e. The van der Waals surface area contributed by atoms with E-state index in [1.807, 2.05) is 24.5 Å². The lowest BCUT2D eigenvalue weighted by Crippen LogP contribution is -2.37. The molecule has 3 heterocycles. The molecule has 0 saturated carbocycles. The van der Waals surface area contributed by atoms with Crippen molar-refractivity contribution >= 4 is 45.7 Å². The number of nitrogens with zero attached hydrogens (tertiary/aromatic N) is 5. The van der Waals surface area contributed by atoms with Crippen molar-refractivity contribution in [2.24, 2.45) is 0 Å². The number of piperidine rings is 1. The van der Waals surface area contributed by atoms with Crippen LogP contribution in [0.2, 0.25) is 0 Å². The van der Waals surface area contributed by atoms with Crippen molar-refractivity contribution in [3.8, 4) is 6.07 Å². The molecule has 0 spiro atoms. The maximum atomic E-state index is 12.9. The first-order valence-corrected chi connectivity index (χ1v) is 12.5. The van der Waals surface area contributed by atoms with Crippen molar-refractivity contribution in [1.82, 2.24) is 24.3 Å². The van der Waals surface area contributed by atoms with E-state index in [2.05, 4.69) is 26.8 Å². The molecule has 1 aliphatic rings. The third kappa shape index (κ3) is 5.86. The number of likely N-dealkylation sites (tertiary alicyclic amines) is 1. The van der Waals surface area contributed by atoms with Crippen LogP contribution < -0.4 is 25.4 Å². The fraction of sp³-hybridized carbons (Fsp3) is 0.417. The number of thiazole rings is 1. The highest BCUT2D eigenvalue weighted by atomic mass is 32.1. The SMILES string of the molecule is CCn1c(=O)/c(=C/Nc2ccc3ncn(C4CCN(C)CC4)c3c2)s/c1=C(\C#N)C(=O)NCC(F)(F)F. The van der Waals surface area contributed by atoms with Crippen molar-refractivity contribution in [2.75, 3.05) is 32.0 Å². The molecule has 3 aromatic rings. The summed E-state index contributed by atoms with van der Waals surface area (Å²) in [7, 11) is 2.11. The Kier molecular flexibility index (Phi) is 7.70. The summed E-state index contributed by atoms with van der Waals surface area (Å²) >= 11 is 0.864. The smallest absolute Gasteiger partial charge is 0.360 e. The Bertz CT molecular complexity index is 1520. The van der Waals surface area contributed by atoms with Gasteiger partial charge in [-0.1, -0.05) is 0 Å². The molecule has 0 unspecified atom stereocenters. The molecule has 1 amide bonds. The quantitative estimate of drug-likeness (QED) is 0.500. The second-order valence-electron chi connectivity index (χ2n) is 8.78. The minimum absolute atomic E-state index is 0.00137. The lowest BCUT2D eigenvalue weighted by atomic mass is 10.1. The summed E-state index contributed by atoms with van der Waals surface area (Å²) < 4.78 is 41.1. The van der Waals surface area contributed by atoms with Crippen molar-refractivity contribution in [3.05, 3.63) is 44.1 Å². The molecule has 13 heteroatoms. The monoisotopic (exact) mass is 533 g/mol. The van der Waals surface area contributed by atoms with Gasteiger partial charge in [0.05, 0.1) is 17.4 Å². The number of alkyl halides is 3. The molecule has 0 radical (unpaired) electrons. The molecule has 0 bridgehead atoms. The maximum absolute atomic E-state index is 12.9. The molecule has 0 aliphatic carbocycles. The normalized spacial score (nSPS) is 16.6. The van der Waals surface area contributed by atoms with Gasteiger partial charge in [0.25, 0.3) is 11.5 Å². The van der Waals surface area contributed by atoms with Crippen molar-refractivity contribution < 1.29 is 18.0 Å². The van der Waals surface area contributed by atoms with Crippen LogP contribution in [0.1, 0.15) is 25.8 Å². The number of hydrogen-bond donors (Lipinski definition) is 2. The first-order valence-electron chi connectivity index (χ1n) is 11.7. The largest absolute Gasteiger partial charge is 0.405 e. The van der Waals surface area contributed by atoms with Crippen LogP contribution in [-0.2, 0) is 11.3 Å². The number of fused-ring (bicyclic) bond motifs is 1. The first-order chi connectivity index (χ1) is 17.6. The zero-order chi connectivity index (χ0) is 26.7. The Morgan fingerprint density at radius 1 is 1.32 bits per heavy atom. The van der Waals surface area contributed by atoms with Gasteiger partial charge in [-0.2, -0.15) is 18.4 Å². The predicted molar refractivity (Wildman–Crippen MR) is 135 cm³/mol.